The van der Waals surface area contributed by atoms with Crippen molar-refractivity contribution in [3.8, 4) is 16.9 Å². The summed E-state index contributed by atoms with van der Waals surface area (Å²) in [5.74, 6) is -0.0767. The highest BCUT2D eigenvalue weighted by atomic mass is 19.1. The van der Waals surface area contributed by atoms with Gasteiger partial charge in [-0.15, -0.1) is 0 Å². The molecule has 0 saturated carbocycles. The fourth-order valence-electron chi connectivity index (χ4n) is 4.41. The molecule has 5 rings (SSSR count). The van der Waals surface area contributed by atoms with Crippen molar-refractivity contribution in [3.05, 3.63) is 83.6 Å². The van der Waals surface area contributed by atoms with E-state index >= 15 is 0 Å². The van der Waals surface area contributed by atoms with Gasteiger partial charge in [-0.2, -0.15) is 5.10 Å². The molecule has 0 radical (unpaired) electrons. The zero-order valence-electron chi connectivity index (χ0n) is 22.1. The number of nitrogens with two attached hydrogens (primary N) is 1. The van der Waals surface area contributed by atoms with E-state index in [9.17, 15) is 14.0 Å². The molecule has 0 saturated heterocycles. The number of halogens is 1. The SMILES string of the molecule is COc1ccc(CN2C(=O)CC(c3ncc(C)o3)=Cc3ccc(-c4cnn(C(C)(C)C(N)=O)c4)cc32)cc1F. The van der Waals surface area contributed by atoms with Gasteiger partial charge in [-0.1, -0.05) is 18.2 Å². The zero-order chi connectivity index (χ0) is 27.9. The minimum atomic E-state index is -1.02. The van der Waals surface area contributed by atoms with Gasteiger partial charge in [-0.05, 0) is 61.7 Å². The molecule has 0 spiro atoms. The van der Waals surface area contributed by atoms with Crippen LogP contribution in [-0.4, -0.2) is 33.7 Å². The van der Waals surface area contributed by atoms with Crippen molar-refractivity contribution in [2.45, 2.75) is 39.3 Å². The largest absolute Gasteiger partial charge is 0.494 e. The van der Waals surface area contributed by atoms with Crippen LogP contribution >= 0.6 is 0 Å². The third kappa shape index (κ3) is 4.93. The number of oxazole rings is 1. The van der Waals surface area contributed by atoms with Crippen molar-refractivity contribution in [2.75, 3.05) is 12.0 Å². The van der Waals surface area contributed by atoms with E-state index < -0.39 is 17.3 Å². The van der Waals surface area contributed by atoms with Crippen LogP contribution in [-0.2, 0) is 21.7 Å². The zero-order valence-corrected chi connectivity index (χ0v) is 22.1. The Kier molecular flexibility index (Phi) is 6.55. The van der Waals surface area contributed by atoms with Gasteiger partial charge in [0.15, 0.2) is 11.6 Å². The monoisotopic (exact) mass is 529 g/mol. The van der Waals surface area contributed by atoms with Crippen molar-refractivity contribution >= 4 is 29.2 Å². The second kappa shape index (κ2) is 9.86. The number of carbonyl (C=O) groups excluding carboxylic acids is 2. The second-order valence-corrected chi connectivity index (χ2v) is 9.94. The van der Waals surface area contributed by atoms with Crippen LogP contribution in [0, 0.1) is 12.7 Å². The number of carbonyl (C=O) groups is 2. The predicted molar refractivity (Wildman–Crippen MR) is 144 cm³/mol. The molecule has 1 aliphatic heterocycles. The average molecular weight is 530 g/mol. The molecule has 0 aliphatic carbocycles. The van der Waals surface area contributed by atoms with E-state index in [1.165, 1.54) is 17.9 Å². The highest BCUT2D eigenvalue weighted by Crippen LogP contribution is 2.37. The Hall–Kier alpha value is -4.73. The first kappa shape index (κ1) is 25.9. The number of hydrogen-bond acceptors (Lipinski definition) is 6. The lowest BCUT2D eigenvalue weighted by Gasteiger charge is -2.24. The summed E-state index contributed by atoms with van der Waals surface area (Å²) in [5.41, 5.74) is 8.71. The number of aromatic nitrogens is 3. The molecule has 200 valence electrons. The lowest BCUT2D eigenvalue weighted by Crippen LogP contribution is -2.41. The van der Waals surface area contributed by atoms with Crippen molar-refractivity contribution in [1.82, 2.24) is 14.8 Å². The van der Waals surface area contributed by atoms with Crippen LogP contribution in [0.4, 0.5) is 10.1 Å². The Balaban J connectivity index is 1.59. The molecular weight excluding hydrogens is 501 g/mol. The summed E-state index contributed by atoms with van der Waals surface area (Å²) in [6, 6.07) is 10.3. The fraction of sp³-hybridized carbons (Fsp3) is 0.241. The Bertz CT molecular complexity index is 1620. The lowest BCUT2D eigenvalue weighted by molar-refractivity contribution is -0.125. The molecule has 3 heterocycles. The number of aryl methyl sites for hydroxylation is 1. The number of methoxy groups -OCH3 is 1. The smallest absolute Gasteiger partial charge is 0.244 e. The molecule has 0 unspecified atom stereocenters. The summed E-state index contributed by atoms with van der Waals surface area (Å²) in [6.45, 7) is 5.30. The second-order valence-electron chi connectivity index (χ2n) is 9.94. The molecule has 2 aromatic carbocycles. The topological polar surface area (TPSA) is 116 Å². The van der Waals surface area contributed by atoms with E-state index in [0.717, 1.165) is 16.7 Å². The first-order chi connectivity index (χ1) is 18.6. The van der Waals surface area contributed by atoms with E-state index in [1.54, 1.807) is 56.4 Å². The Morgan fingerprint density at radius 1 is 1.18 bits per heavy atom. The molecule has 4 aromatic rings. The molecule has 2 amide bonds. The number of ether oxygens (including phenoxy) is 1. The van der Waals surface area contributed by atoms with Crippen LogP contribution < -0.4 is 15.4 Å². The average Bonchev–Trinajstić information content (AvgIpc) is 3.54. The summed E-state index contributed by atoms with van der Waals surface area (Å²) < 4.78 is 26.8. The fourth-order valence-corrected chi connectivity index (χ4v) is 4.41. The van der Waals surface area contributed by atoms with E-state index in [2.05, 4.69) is 10.1 Å². The maximum absolute atomic E-state index is 14.5. The van der Waals surface area contributed by atoms with Gasteiger partial charge in [0.1, 0.15) is 11.3 Å². The highest BCUT2D eigenvalue weighted by molar-refractivity contribution is 6.06. The van der Waals surface area contributed by atoms with E-state index in [4.69, 9.17) is 14.9 Å². The van der Waals surface area contributed by atoms with Gasteiger partial charge in [0.25, 0.3) is 0 Å². The Labute approximate surface area is 224 Å². The van der Waals surface area contributed by atoms with Gasteiger partial charge in [0.2, 0.25) is 17.7 Å². The lowest BCUT2D eigenvalue weighted by atomic mass is 10.0. The van der Waals surface area contributed by atoms with Gasteiger partial charge in [-0.3, -0.25) is 14.3 Å². The molecule has 2 aromatic heterocycles. The molecule has 9 nitrogen and oxygen atoms in total. The number of fused-ring (bicyclic) bond motifs is 1. The number of rotatable bonds is 7. The van der Waals surface area contributed by atoms with Crippen LogP contribution in [0.5, 0.6) is 5.75 Å². The Morgan fingerprint density at radius 2 is 1.97 bits per heavy atom. The van der Waals surface area contributed by atoms with Gasteiger partial charge in [0.05, 0.1) is 38.2 Å². The quantitative estimate of drug-likeness (QED) is 0.371. The third-order valence-electron chi connectivity index (χ3n) is 6.84. The maximum atomic E-state index is 14.5. The van der Waals surface area contributed by atoms with Gasteiger partial charge >= 0.3 is 0 Å². The predicted octanol–water partition coefficient (Wildman–Crippen LogP) is 4.69. The molecular formula is C29H28FN5O4. The molecule has 39 heavy (non-hydrogen) atoms. The number of amides is 2. The molecule has 2 N–H and O–H groups in total. The highest BCUT2D eigenvalue weighted by Gasteiger charge is 2.29. The van der Waals surface area contributed by atoms with Gasteiger partial charge in [-0.25, -0.2) is 9.37 Å². The minimum absolute atomic E-state index is 0.0489. The van der Waals surface area contributed by atoms with E-state index in [1.807, 2.05) is 24.3 Å². The number of anilines is 1. The van der Waals surface area contributed by atoms with E-state index in [0.29, 0.717) is 28.5 Å². The number of benzene rings is 2. The van der Waals surface area contributed by atoms with Crippen LogP contribution in [0.25, 0.3) is 22.8 Å². The van der Waals surface area contributed by atoms with Crippen molar-refractivity contribution in [1.29, 1.82) is 0 Å². The summed E-state index contributed by atoms with van der Waals surface area (Å²) in [5, 5.41) is 4.35. The molecule has 10 heteroatoms. The van der Waals surface area contributed by atoms with Gasteiger partial charge in [0, 0.05) is 17.3 Å². The first-order valence-corrected chi connectivity index (χ1v) is 12.3. The molecule has 0 bridgehead atoms. The van der Waals surface area contributed by atoms with Crippen molar-refractivity contribution in [2.24, 2.45) is 5.73 Å². The Morgan fingerprint density at radius 3 is 2.64 bits per heavy atom. The summed E-state index contributed by atoms with van der Waals surface area (Å²) in [4.78, 5) is 31.5. The summed E-state index contributed by atoms with van der Waals surface area (Å²) in [6.07, 6.45) is 6.93. The number of nitrogens with zero attached hydrogens (tertiary/aromatic N) is 4. The molecule has 0 fully saturated rings. The first-order valence-electron chi connectivity index (χ1n) is 12.3. The summed E-state index contributed by atoms with van der Waals surface area (Å²) in [7, 11) is 1.40. The van der Waals surface area contributed by atoms with Crippen LogP contribution in [0.3, 0.4) is 0 Å². The third-order valence-corrected chi connectivity index (χ3v) is 6.84. The molecule has 1 aliphatic rings. The summed E-state index contributed by atoms with van der Waals surface area (Å²) >= 11 is 0. The minimum Gasteiger partial charge on any atom is -0.494 e. The van der Waals surface area contributed by atoms with Gasteiger partial charge < -0.3 is 19.8 Å². The van der Waals surface area contributed by atoms with Crippen molar-refractivity contribution < 1.29 is 23.1 Å². The maximum Gasteiger partial charge on any atom is 0.244 e. The van der Waals surface area contributed by atoms with E-state index in [-0.39, 0.29) is 24.6 Å². The van der Waals surface area contributed by atoms with Crippen molar-refractivity contribution in [3.63, 3.8) is 0 Å². The van der Waals surface area contributed by atoms with Crippen LogP contribution in [0.1, 0.15) is 43.0 Å². The molecule has 0 atom stereocenters. The normalized spacial score (nSPS) is 13.6. The number of primary amides is 1. The standard InChI is InChI=1S/C29H28FN5O4/c1-17-13-32-27(39-17)21-10-20-7-6-19(22-14-33-35(16-22)29(2,3)28(31)37)11-24(20)34(26(36)12-21)15-18-5-8-25(38-4)23(30)9-18/h5-11,13-14,16H,12,15H2,1-4H3,(H2,31,37). The number of hydrogen-bond donors (Lipinski definition) is 1. The van der Waals surface area contributed by atoms with Crippen LogP contribution in [0.15, 0.2) is 59.4 Å². The van der Waals surface area contributed by atoms with Crippen LogP contribution in [0.2, 0.25) is 0 Å².